The van der Waals surface area contributed by atoms with Gasteiger partial charge in [-0.05, 0) is 0 Å². The van der Waals surface area contributed by atoms with Crippen molar-refractivity contribution in [3.63, 3.8) is 0 Å². The van der Waals surface area contributed by atoms with Crippen molar-refractivity contribution in [3.05, 3.63) is 12.0 Å². The molecule has 0 aliphatic carbocycles. The van der Waals surface area contributed by atoms with E-state index in [-0.39, 0.29) is 6.42 Å². The third-order valence-corrected chi connectivity index (χ3v) is 1.82. The summed E-state index contributed by atoms with van der Waals surface area (Å²) in [6.45, 7) is 0. The molecule has 0 saturated carbocycles. The second-order valence-corrected chi connectivity index (χ2v) is 2.78. The molecule has 0 spiro atoms. The minimum Gasteiger partial charge on any atom is -0.480 e. The van der Waals surface area contributed by atoms with Gasteiger partial charge in [-0.15, -0.1) is 12.6 Å². The normalized spacial score (nSPS) is 12.8. The minimum atomic E-state index is -1.03. The Morgan fingerprint density at radius 3 is 3.00 bits per heavy atom. The highest BCUT2D eigenvalue weighted by Gasteiger charge is 2.14. The van der Waals surface area contributed by atoms with Crippen LogP contribution in [0, 0.1) is 0 Å². The number of imidazole rings is 1. The Labute approximate surface area is 74.4 Å². The average Bonchev–Trinajstić information content (AvgIpc) is 2.36. The molecular weight excluding hydrogens is 178 g/mol. The van der Waals surface area contributed by atoms with Crippen molar-refractivity contribution in [1.82, 2.24) is 9.97 Å². The van der Waals surface area contributed by atoms with Gasteiger partial charge in [-0.1, -0.05) is 0 Å². The highest BCUT2D eigenvalue weighted by atomic mass is 32.1. The molecule has 12 heavy (non-hydrogen) atoms. The van der Waals surface area contributed by atoms with E-state index in [1.807, 2.05) is 0 Å². The van der Waals surface area contributed by atoms with Crippen LogP contribution in [0.5, 0.6) is 0 Å². The molecule has 66 valence electrons. The predicted molar refractivity (Wildman–Crippen MR) is 45.2 cm³/mol. The fourth-order valence-corrected chi connectivity index (χ4v) is 0.985. The van der Waals surface area contributed by atoms with Gasteiger partial charge in [0.2, 0.25) is 0 Å². The van der Waals surface area contributed by atoms with Gasteiger partial charge in [-0.3, -0.25) is 4.79 Å². The number of aromatic amines is 1. The van der Waals surface area contributed by atoms with E-state index >= 15 is 0 Å². The topological polar surface area (TPSA) is 92.0 Å². The first-order valence-electron chi connectivity index (χ1n) is 3.31. The van der Waals surface area contributed by atoms with E-state index in [1.165, 1.54) is 6.33 Å². The first kappa shape index (κ1) is 9.08. The number of H-pyrrole nitrogens is 1. The van der Waals surface area contributed by atoms with Crippen LogP contribution in [0.25, 0.3) is 0 Å². The lowest BCUT2D eigenvalue weighted by atomic mass is 10.2. The zero-order valence-corrected chi connectivity index (χ0v) is 7.08. The molecule has 4 N–H and O–H groups in total. The molecule has 0 fully saturated rings. The Kier molecular flexibility index (Phi) is 2.72. The van der Waals surface area contributed by atoms with Gasteiger partial charge in [0.15, 0.2) is 0 Å². The summed E-state index contributed by atoms with van der Waals surface area (Å²) in [4.78, 5) is 16.9. The second-order valence-electron chi connectivity index (χ2n) is 2.35. The van der Waals surface area contributed by atoms with Crippen LogP contribution in [0.4, 0.5) is 0 Å². The van der Waals surface area contributed by atoms with Crippen molar-refractivity contribution < 1.29 is 9.90 Å². The summed E-state index contributed by atoms with van der Waals surface area (Å²) >= 11 is 4.00. The zero-order valence-electron chi connectivity index (χ0n) is 6.19. The number of carbonyl (C=O) groups is 1. The van der Waals surface area contributed by atoms with Crippen LogP contribution in [0.2, 0.25) is 0 Å². The molecule has 0 bridgehead atoms. The van der Waals surface area contributed by atoms with Gasteiger partial charge in [0.25, 0.3) is 0 Å². The molecule has 6 heteroatoms. The Hall–Kier alpha value is -1.01. The summed E-state index contributed by atoms with van der Waals surface area (Å²) in [6, 6.07) is -0.906. The van der Waals surface area contributed by atoms with Crippen molar-refractivity contribution in [2.45, 2.75) is 17.5 Å². The lowest BCUT2D eigenvalue weighted by molar-refractivity contribution is -0.138. The lowest BCUT2D eigenvalue weighted by Crippen LogP contribution is -2.32. The molecule has 5 nitrogen and oxygen atoms in total. The standard InChI is InChI=1S/C6H9N3O2S/c7-3(6(10)11)1-4-5(12)9-2-8-4/h2-3,12H,1,7H2,(H,8,9)(H,10,11). The number of rotatable bonds is 3. The second kappa shape index (κ2) is 3.59. The summed E-state index contributed by atoms with van der Waals surface area (Å²) in [6.07, 6.45) is 1.67. The van der Waals surface area contributed by atoms with E-state index in [0.717, 1.165) is 0 Å². The molecule has 0 radical (unpaired) electrons. The number of aromatic nitrogens is 2. The molecule has 1 aromatic heterocycles. The fraction of sp³-hybridized carbons (Fsp3) is 0.333. The maximum atomic E-state index is 10.4. The molecule has 1 atom stereocenters. The molecular formula is C6H9N3O2S. The highest BCUT2D eigenvalue weighted by Crippen LogP contribution is 2.08. The smallest absolute Gasteiger partial charge is 0.320 e. The number of nitrogens with two attached hydrogens (primary N) is 1. The molecule has 1 unspecified atom stereocenters. The summed E-state index contributed by atoms with van der Waals surface area (Å²) in [7, 11) is 0. The minimum absolute atomic E-state index is 0.216. The van der Waals surface area contributed by atoms with Crippen LogP contribution < -0.4 is 5.73 Å². The van der Waals surface area contributed by atoms with Gasteiger partial charge in [0.1, 0.15) is 11.1 Å². The largest absolute Gasteiger partial charge is 0.480 e. The number of carboxylic acids is 1. The number of hydrogen-bond acceptors (Lipinski definition) is 4. The molecule has 1 aromatic rings. The van der Waals surface area contributed by atoms with Crippen molar-refractivity contribution in [1.29, 1.82) is 0 Å². The Morgan fingerprint density at radius 2 is 2.58 bits per heavy atom. The maximum absolute atomic E-state index is 10.4. The molecule has 0 aliphatic rings. The van der Waals surface area contributed by atoms with Crippen LogP contribution in [-0.4, -0.2) is 27.1 Å². The highest BCUT2D eigenvalue weighted by molar-refractivity contribution is 7.80. The molecule has 0 aliphatic heterocycles. The van der Waals surface area contributed by atoms with Crippen LogP contribution >= 0.6 is 12.6 Å². The van der Waals surface area contributed by atoms with Crippen molar-refractivity contribution in [3.8, 4) is 0 Å². The summed E-state index contributed by atoms with van der Waals surface area (Å²) < 4.78 is 0. The van der Waals surface area contributed by atoms with Crippen molar-refractivity contribution in [2.24, 2.45) is 5.73 Å². The zero-order chi connectivity index (χ0) is 9.14. The Morgan fingerprint density at radius 1 is 1.92 bits per heavy atom. The van der Waals surface area contributed by atoms with Gasteiger partial charge in [0.05, 0.1) is 12.0 Å². The lowest BCUT2D eigenvalue weighted by Gasteiger charge is -2.03. The van der Waals surface area contributed by atoms with E-state index < -0.39 is 12.0 Å². The third-order valence-electron chi connectivity index (χ3n) is 1.44. The number of nitrogens with zero attached hydrogens (tertiary/aromatic N) is 1. The van der Waals surface area contributed by atoms with E-state index in [9.17, 15) is 4.79 Å². The van der Waals surface area contributed by atoms with E-state index in [2.05, 4.69) is 22.6 Å². The van der Waals surface area contributed by atoms with Gasteiger partial charge in [-0.25, -0.2) is 4.98 Å². The number of nitrogens with one attached hydrogen (secondary N) is 1. The first-order chi connectivity index (χ1) is 5.61. The van der Waals surface area contributed by atoms with Crippen LogP contribution in [0.3, 0.4) is 0 Å². The molecule has 0 saturated heterocycles. The maximum Gasteiger partial charge on any atom is 0.320 e. The Balaban J connectivity index is 2.64. The van der Waals surface area contributed by atoms with Gasteiger partial charge < -0.3 is 15.8 Å². The van der Waals surface area contributed by atoms with Crippen LogP contribution in [-0.2, 0) is 11.2 Å². The average molecular weight is 187 g/mol. The van der Waals surface area contributed by atoms with E-state index in [1.54, 1.807) is 0 Å². The monoisotopic (exact) mass is 187 g/mol. The van der Waals surface area contributed by atoms with Gasteiger partial charge in [-0.2, -0.15) is 0 Å². The van der Waals surface area contributed by atoms with Crippen molar-refractivity contribution >= 4 is 18.6 Å². The first-order valence-corrected chi connectivity index (χ1v) is 3.75. The molecule has 1 rings (SSSR count). The fourth-order valence-electron chi connectivity index (χ4n) is 0.771. The number of hydrogen-bond donors (Lipinski definition) is 4. The predicted octanol–water partition coefficient (Wildman–Crippen LogP) is -0.347. The van der Waals surface area contributed by atoms with Crippen LogP contribution in [0.1, 0.15) is 5.69 Å². The summed E-state index contributed by atoms with van der Waals surface area (Å²) in [5, 5.41) is 8.98. The Bertz CT molecular complexity index is 286. The third kappa shape index (κ3) is 1.99. The van der Waals surface area contributed by atoms with Gasteiger partial charge >= 0.3 is 5.97 Å². The molecule has 0 amide bonds. The molecule has 0 aromatic carbocycles. The molecule has 1 heterocycles. The summed E-state index contributed by atoms with van der Waals surface area (Å²) in [5.41, 5.74) is 5.94. The van der Waals surface area contributed by atoms with Crippen molar-refractivity contribution in [2.75, 3.05) is 0 Å². The quantitative estimate of drug-likeness (QED) is 0.487. The number of aliphatic carboxylic acids is 1. The van der Waals surface area contributed by atoms with E-state index in [0.29, 0.717) is 10.7 Å². The van der Waals surface area contributed by atoms with Crippen LogP contribution in [0.15, 0.2) is 11.4 Å². The number of thiol groups is 1. The van der Waals surface area contributed by atoms with Gasteiger partial charge in [0, 0.05) is 6.42 Å². The summed E-state index contributed by atoms with van der Waals surface area (Å²) in [5.74, 6) is -1.03. The van der Waals surface area contributed by atoms with E-state index in [4.69, 9.17) is 10.8 Å². The SMILES string of the molecule is NC(Cc1[nH]cnc1S)C(=O)O. The number of carboxylic acid groups (broad SMARTS) is 1.